The number of alkyl halides is 1. The Labute approximate surface area is 78.7 Å². The summed E-state index contributed by atoms with van der Waals surface area (Å²) in [5.41, 5.74) is 2.08. The smallest absolute Gasteiger partial charge is 0.0789 e. The highest BCUT2D eigenvalue weighted by molar-refractivity contribution is 6.22. The summed E-state index contributed by atoms with van der Waals surface area (Å²) in [7, 11) is 0. The van der Waals surface area contributed by atoms with Gasteiger partial charge in [0.1, 0.15) is 0 Å². The molecular weight excluding hydrogens is 172 g/mol. The van der Waals surface area contributed by atoms with Crippen LogP contribution in [0.25, 0.3) is 0 Å². The van der Waals surface area contributed by atoms with Crippen molar-refractivity contribution >= 4 is 11.6 Å². The maximum absolute atomic E-state index is 9.63. The number of hydrogen-bond acceptors (Lipinski definition) is 1. The molecule has 0 radical (unpaired) electrons. The molecular formula is C10H15ClO. The lowest BCUT2D eigenvalue weighted by molar-refractivity contribution is 0.158. The third kappa shape index (κ3) is 1.90. The zero-order valence-electron chi connectivity index (χ0n) is 7.55. The molecule has 0 heterocycles. The molecule has 68 valence electrons. The molecule has 0 amide bonds. The maximum atomic E-state index is 9.63. The zero-order chi connectivity index (χ0) is 9.30. The van der Waals surface area contributed by atoms with Crippen LogP contribution in [-0.4, -0.2) is 16.6 Å². The van der Waals surface area contributed by atoms with E-state index in [1.807, 2.05) is 19.9 Å². The van der Waals surface area contributed by atoms with Crippen molar-refractivity contribution in [3.63, 3.8) is 0 Å². The summed E-state index contributed by atoms with van der Waals surface area (Å²) in [6, 6.07) is 0. The van der Waals surface area contributed by atoms with Crippen molar-refractivity contribution in [2.45, 2.75) is 31.7 Å². The third-order valence-electron chi connectivity index (χ3n) is 2.43. The fourth-order valence-electron chi connectivity index (χ4n) is 1.53. The van der Waals surface area contributed by atoms with Crippen molar-refractivity contribution in [1.29, 1.82) is 0 Å². The highest BCUT2D eigenvalue weighted by Gasteiger charge is 2.27. The number of hydrogen-bond donors (Lipinski definition) is 1. The Bertz CT molecular complexity index is 220. The van der Waals surface area contributed by atoms with E-state index in [9.17, 15) is 5.11 Å². The normalized spacial score (nSPS) is 36.0. The predicted molar refractivity (Wildman–Crippen MR) is 52.3 cm³/mol. The van der Waals surface area contributed by atoms with Crippen molar-refractivity contribution in [3.05, 3.63) is 23.8 Å². The molecule has 0 aromatic carbocycles. The van der Waals surface area contributed by atoms with Crippen molar-refractivity contribution in [2.24, 2.45) is 5.92 Å². The molecule has 1 nitrogen and oxygen atoms in total. The van der Waals surface area contributed by atoms with Gasteiger partial charge in [-0.2, -0.15) is 0 Å². The van der Waals surface area contributed by atoms with Gasteiger partial charge in [-0.05, 0) is 20.3 Å². The Morgan fingerprint density at radius 1 is 1.75 bits per heavy atom. The Hall–Kier alpha value is -0.270. The molecule has 3 atom stereocenters. The Morgan fingerprint density at radius 2 is 2.33 bits per heavy atom. The summed E-state index contributed by atoms with van der Waals surface area (Å²) in [5, 5.41) is 9.70. The Balaban J connectivity index is 2.79. The fraction of sp³-hybridized carbons (Fsp3) is 0.600. The topological polar surface area (TPSA) is 20.2 Å². The molecule has 0 aromatic heterocycles. The second-order valence-electron chi connectivity index (χ2n) is 3.56. The Kier molecular flexibility index (Phi) is 2.97. The van der Waals surface area contributed by atoms with Crippen LogP contribution in [0.5, 0.6) is 0 Å². The van der Waals surface area contributed by atoms with Crippen molar-refractivity contribution < 1.29 is 5.11 Å². The van der Waals surface area contributed by atoms with E-state index in [0.717, 1.165) is 17.6 Å². The first-order valence-corrected chi connectivity index (χ1v) is 4.62. The van der Waals surface area contributed by atoms with Crippen LogP contribution in [0.1, 0.15) is 20.3 Å². The van der Waals surface area contributed by atoms with Crippen molar-refractivity contribution in [2.75, 3.05) is 0 Å². The van der Waals surface area contributed by atoms with Crippen molar-refractivity contribution in [1.82, 2.24) is 0 Å². The van der Waals surface area contributed by atoms with Gasteiger partial charge in [-0.15, -0.1) is 11.6 Å². The van der Waals surface area contributed by atoms with Gasteiger partial charge in [-0.25, -0.2) is 0 Å². The molecule has 0 bridgehead atoms. The van der Waals surface area contributed by atoms with E-state index < -0.39 is 6.10 Å². The van der Waals surface area contributed by atoms with Gasteiger partial charge in [-0.1, -0.05) is 23.8 Å². The van der Waals surface area contributed by atoms with Crippen molar-refractivity contribution in [3.8, 4) is 0 Å². The van der Waals surface area contributed by atoms with E-state index in [1.54, 1.807) is 0 Å². The van der Waals surface area contributed by atoms with E-state index in [0.29, 0.717) is 0 Å². The first kappa shape index (κ1) is 9.82. The van der Waals surface area contributed by atoms with Crippen LogP contribution in [0.4, 0.5) is 0 Å². The number of aliphatic hydroxyl groups is 1. The Morgan fingerprint density at radius 3 is 2.83 bits per heavy atom. The third-order valence-corrected chi connectivity index (χ3v) is 2.96. The quantitative estimate of drug-likeness (QED) is 0.493. The molecule has 12 heavy (non-hydrogen) atoms. The van der Waals surface area contributed by atoms with Gasteiger partial charge in [0.15, 0.2) is 0 Å². The monoisotopic (exact) mass is 186 g/mol. The largest absolute Gasteiger partial charge is 0.388 e. The van der Waals surface area contributed by atoms with Crippen LogP contribution in [0.15, 0.2) is 23.8 Å². The summed E-state index contributed by atoms with van der Waals surface area (Å²) in [6.45, 7) is 7.73. The molecule has 0 aliphatic heterocycles. The van der Waals surface area contributed by atoms with Crippen LogP contribution >= 0.6 is 11.6 Å². The lowest BCUT2D eigenvalue weighted by Gasteiger charge is -2.29. The first-order valence-electron chi connectivity index (χ1n) is 4.18. The standard InChI is InChI=1S/C10H15ClO/c1-6(2)8-5-9(11)7(3)4-10(8)12/h4,8-10,12H,1,5H2,2-3H3. The van der Waals surface area contributed by atoms with Crippen LogP contribution in [0, 0.1) is 5.92 Å². The summed E-state index contributed by atoms with van der Waals surface area (Å²) < 4.78 is 0. The summed E-state index contributed by atoms with van der Waals surface area (Å²) >= 11 is 6.05. The van der Waals surface area contributed by atoms with Gasteiger partial charge in [-0.3, -0.25) is 0 Å². The zero-order valence-corrected chi connectivity index (χ0v) is 8.30. The molecule has 0 saturated carbocycles. The average molecular weight is 187 g/mol. The molecule has 0 aromatic rings. The highest BCUT2D eigenvalue weighted by Crippen LogP contribution is 2.31. The minimum absolute atomic E-state index is 0.0649. The second kappa shape index (κ2) is 3.63. The minimum atomic E-state index is -0.391. The molecule has 1 N–H and O–H groups in total. The number of allylic oxidation sites excluding steroid dienone is 1. The molecule has 1 aliphatic rings. The lowest BCUT2D eigenvalue weighted by Crippen LogP contribution is -2.28. The van der Waals surface area contributed by atoms with Crippen LogP contribution in [0.3, 0.4) is 0 Å². The summed E-state index contributed by atoms with van der Waals surface area (Å²) in [6.07, 6.45) is 2.25. The summed E-state index contributed by atoms with van der Waals surface area (Å²) in [5.74, 6) is 0.135. The van der Waals surface area contributed by atoms with Gasteiger partial charge < -0.3 is 5.11 Å². The molecule has 0 fully saturated rings. The lowest BCUT2D eigenvalue weighted by atomic mass is 9.83. The van der Waals surface area contributed by atoms with Gasteiger partial charge in [0.05, 0.1) is 11.5 Å². The van der Waals surface area contributed by atoms with E-state index in [-0.39, 0.29) is 11.3 Å². The van der Waals surface area contributed by atoms with Crippen LogP contribution < -0.4 is 0 Å². The molecule has 0 saturated heterocycles. The maximum Gasteiger partial charge on any atom is 0.0789 e. The minimum Gasteiger partial charge on any atom is -0.388 e. The SMILES string of the molecule is C=C(C)C1CC(Cl)C(C)=CC1O. The molecule has 3 unspecified atom stereocenters. The van der Waals surface area contributed by atoms with E-state index in [1.165, 1.54) is 0 Å². The number of aliphatic hydroxyl groups excluding tert-OH is 1. The fourth-order valence-corrected chi connectivity index (χ4v) is 1.80. The number of halogens is 1. The summed E-state index contributed by atoms with van der Waals surface area (Å²) in [4.78, 5) is 0. The van der Waals surface area contributed by atoms with E-state index in [2.05, 4.69) is 6.58 Å². The predicted octanol–water partition coefficient (Wildman–Crippen LogP) is 2.50. The average Bonchev–Trinajstić information content (AvgIpc) is 1.96. The molecule has 2 heteroatoms. The van der Waals surface area contributed by atoms with Gasteiger partial charge in [0.25, 0.3) is 0 Å². The molecule has 1 aliphatic carbocycles. The first-order chi connectivity index (χ1) is 5.52. The molecule has 0 spiro atoms. The number of rotatable bonds is 1. The van der Waals surface area contributed by atoms with Crippen LogP contribution in [0.2, 0.25) is 0 Å². The van der Waals surface area contributed by atoms with E-state index >= 15 is 0 Å². The highest BCUT2D eigenvalue weighted by atomic mass is 35.5. The van der Waals surface area contributed by atoms with Gasteiger partial charge >= 0.3 is 0 Å². The second-order valence-corrected chi connectivity index (χ2v) is 4.08. The van der Waals surface area contributed by atoms with Gasteiger partial charge in [0.2, 0.25) is 0 Å². The molecule has 1 rings (SSSR count). The van der Waals surface area contributed by atoms with E-state index in [4.69, 9.17) is 11.6 Å². The van der Waals surface area contributed by atoms with Crippen LogP contribution in [-0.2, 0) is 0 Å². The van der Waals surface area contributed by atoms with Gasteiger partial charge in [0, 0.05) is 5.92 Å².